The van der Waals surface area contributed by atoms with Crippen molar-refractivity contribution in [2.45, 2.75) is 63.5 Å². The minimum absolute atomic E-state index is 0.0965. The van der Waals surface area contributed by atoms with Gasteiger partial charge in [0.25, 0.3) is 0 Å². The molecule has 0 aromatic heterocycles. The number of primary amides is 1. The van der Waals surface area contributed by atoms with Gasteiger partial charge in [-0.2, -0.15) is 0 Å². The van der Waals surface area contributed by atoms with E-state index < -0.39 is 0 Å². The average Bonchev–Trinajstić information content (AvgIpc) is 2.49. The Bertz CT molecular complexity index is 329. The Hall–Kier alpha value is -0.810. The van der Waals surface area contributed by atoms with Crippen molar-refractivity contribution in [3.05, 3.63) is 0 Å². The van der Waals surface area contributed by atoms with E-state index in [1.165, 1.54) is 6.42 Å². The summed E-state index contributed by atoms with van der Waals surface area (Å²) >= 11 is 0. The molecule has 0 aromatic rings. The molecule has 2 fully saturated rings. The number of urea groups is 1. The van der Waals surface area contributed by atoms with E-state index in [1.54, 1.807) is 0 Å². The van der Waals surface area contributed by atoms with Gasteiger partial charge in [-0.05, 0) is 76.8 Å². The molecule has 1 unspecified atom stereocenters. The molecule has 1 saturated carbocycles. The van der Waals surface area contributed by atoms with Gasteiger partial charge in [0.05, 0.1) is 6.10 Å². The number of carbonyl (C=O) groups is 1. The molecular weight excluding hydrogens is 266 g/mol. The molecule has 122 valence electrons. The van der Waals surface area contributed by atoms with E-state index in [4.69, 9.17) is 5.73 Å². The number of aliphatic hydroxyl groups is 1. The molecule has 5 heteroatoms. The summed E-state index contributed by atoms with van der Waals surface area (Å²) in [6.07, 6.45) is 8.48. The van der Waals surface area contributed by atoms with Crippen LogP contribution in [0.3, 0.4) is 0 Å². The summed E-state index contributed by atoms with van der Waals surface area (Å²) in [7, 11) is 1.98. The third-order valence-electron chi connectivity index (χ3n) is 5.30. The second-order valence-corrected chi connectivity index (χ2v) is 6.82. The zero-order valence-electron chi connectivity index (χ0n) is 13.3. The number of hydrogen-bond acceptors (Lipinski definition) is 3. The molecule has 1 aliphatic carbocycles. The van der Waals surface area contributed by atoms with E-state index in [-0.39, 0.29) is 18.2 Å². The number of nitrogens with two attached hydrogens (primary N) is 1. The first-order valence-electron chi connectivity index (χ1n) is 8.50. The van der Waals surface area contributed by atoms with Crippen molar-refractivity contribution in [3.63, 3.8) is 0 Å². The van der Waals surface area contributed by atoms with Crippen LogP contribution in [-0.2, 0) is 0 Å². The van der Waals surface area contributed by atoms with Gasteiger partial charge in [-0.25, -0.2) is 4.79 Å². The zero-order chi connectivity index (χ0) is 15.2. The highest BCUT2D eigenvalue weighted by Crippen LogP contribution is 2.33. The predicted molar refractivity (Wildman–Crippen MR) is 83.9 cm³/mol. The fraction of sp³-hybridized carbons (Fsp3) is 0.938. The molecule has 0 spiro atoms. The molecule has 1 aliphatic heterocycles. The molecule has 2 aliphatic rings. The highest BCUT2D eigenvalue weighted by molar-refractivity contribution is 5.72. The van der Waals surface area contributed by atoms with Crippen molar-refractivity contribution in [1.29, 1.82) is 0 Å². The lowest BCUT2D eigenvalue weighted by atomic mass is 9.77. The summed E-state index contributed by atoms with van der Waals surface area (Å²) in [5.41, 5.74) is 5.58. The van der Waals surface area contributed by atoms with Gasteiger partial charge in [0.2, 0.25) is 0 Å². The summed E-state index contributed by atoms with van der Waals surface area (Å²) in [6.45, 7) is 1.75. The number of nitrogens with one attached hydrogen (secondary N) is 1. The van der Waals surface area contributed by atoms with Gasteiger partial charge < -0.3 is 21.1 Å². The van der Waals surface area contributed by atoms with Gasteiger partial charge in [0.15, 0.2) is 0 Å². The largest absolute Gasteiger partial charge is 0.393 e. The van der Waals surface area contributed by atoms with Crippen LogP contribution in [0.1, 0.15) is 51.4 Å². The van der Waals surface area contributed by atoms with Crippen molar-refractivity contribution < 1.29 is 9.90 Å². The maximum atomic E-state index is 11.7. The molecule has 2 atom stereocenters. The Morgan fingerprint density at radius 3 is 2.62 bits per heavy atom. The molecule has 2 rings (SSSR count). The number of carbonyl (C=O) groups excluding carboxylic acids is 1. The lowest BCUT2D eigenvalue weighted by Crippen LogP contribution is -2.52. The van der Waals surface area contributed by atoms with E-state index in [9.17, 15) is 9.90 Å². The first-order chi connectivity index (χ1) is 10.1. The van der Waals surface area contributed by atoms with Crippen molar-refractivity contribution in [2.24, 2.45) is 17.6 Å². The molecule has 5 nitrogen and oxygen atoms in total. The monoisotopic (exact) mass is 297 g/mol. The highest BCUT2D eigenvalue weighted by atomic mass is 16.3. The van der Waals surface area contributed by atoms with Gasteiger partial charge in [-0.1, -0.05) is 0 Å². The van der Waals surface area contributed by atoms with Crippen LogP contribution in [0.4, 0.5) is 4.79 Å². The average molecular weight is 297 g/mol. The van der Waals surface area contributed by atoms with Crippen LogP contribution in [0.2, 0.25) is 0 Å². The SMILES string of the molecule is CNC[C@H](CC1CCC(O)CC1)C1CCCCN1C(N)=O. The number of piperidine rings is 1. The summed E-state index contributed by atoms with van der Waals surface area (Å²) in [5, 5.41) is 12.9. The van der Waals surface area contributed by atoms with Gasteiger partial charge in [-0.3, -0.25) is 0 Å². The van der Waals surface area contributed by atoms with Crippen LogP contribution >= 0.6 is 0 Å². The number of hydrogen-bond donors (Lipinski definition) is 3. The first-order valence-corrected chi connectivity index (χ1v) is 8.50. The molecule has 1 saturated heterocycles. The van der Waals surface area contributed by atoms with E-state index in [1.807, 2.05) is 11.9 Å². The molecule has 1 heterocycles. The van der Waals surface area contributed by atoms with E-state index in [0.29, 0.717) is 11.8 Å². The van der Waals surface area contributed by atoms with Crippen LogP contribution in [0.25, 0.3) is 0 Å². The predicted octanol–water partition coefficient (Wildman–Crippen LogP) is 1.70. The lowest BCUT2D eigenvalue weighted by Gasteiger charge is -2.41. The van der Waals surface area contributed by atoms with Gasteiger partial charge >= 0.3 is 6.03 Å². The first kappa shape index (κ1) is 16.6. The molecule has 0 radical (unpaired) electrons. The number of aliphatic hydroxyl groups excluding tert-OH is 1. The number of rotatable bonds is 5. The Balaban J connectivity index is 1.97. The highest BCUT2D eigenvalue weighted by Gasteiger charge is 2.33. The van der Waals surface area contributed by atoms with E-state index in [0.717, 1.165) is 58.0 Å². The maximum absolute atomic E-state index is 11.7. The van der Waals surface area contributed by atoms with Gasteiger partial charge in [-0.15, -0.1) is 0 Å². The Morgan fingerprint density at radius 1 is 1.29 bits per heavy atom. The number of nitrogens with zero attached hydrogens (tertiary/aromatic N) is 1. The quantitative estimate of drug-likeness (QED) is 0.722. The topological polar surface area (TPSA) is 78.6 Å². The summed E-state index contributed by atoms with van der Waals surface area (Å²) < 4.78 is 0. The van der Waals surface area contributed by atoms with Crippen molar-refractivity contribution >= 4 is 6.03 Å². The normalized spacial score (nSPS) is 31.9. The molecule has 0 bridgehead atoms. The Kier molecular flexibility index (Phi) is 6.30. The molecule has 0 aromatic carbocycles. The van der Waals surface area contributed by atoms with Crippen molar-refractivity contribution in [1.82, 2.24) is 10.2 Å². The molecule has 21 heavy (non-hydrogen) atoms. The fourth-order valence-corrected chi connectivity index (χ4v) is 4.17. The summed E-state index contributed by atoms with van der Waals surface area (Å²) in [4.78, 5) is 13.6. The van der Waals surface area contributed by atoms with Crippen LogP contribution in [0.15, 0.2) is 0 Å². The van der Waals surface area contributed by atoms with Crippen LogP contribution in [-0.4, -0.2) is 48.3 Å². The van der Waals surface area contributed by atoms with E-state index >= 15 is 0 Å². The smallest absolute Gasteiger partial charge is 0.315 e. The Labute approximate surface area is 128 Å². The lowest BCUT2D eigenvalue weighted by molar-refractivity contribution is 0.0813. The molecule has 2 amide bonds. The third kappa shape index (κ3) is 4.58. The van der Waals surface area contributed by atoms with Crippen LogP contribution in [0, 0.1) is 11.8 Å². The standard InChI is InChI=1S/C16H31N3O2/c1-18-11-13(10-12-5-7-14(20)8-6-12)15-4-2-3-9-19(15)16(17)21/h12-15,18,20H,2-11H2,1H3,(H2,17,21)/t12?,13-,14?,15?/m0/s1. The van der Waals surface area contributed by atoms with Crippen LogP contribution in [0.5, 0.6) is 0 Å². The minimum atomic E-state index is -0.264. The van der Waals surface area contributed by atoms with Crippen molar-refractivity contribution in [2.75, 3.05) is 20.1 Å². The second-order valence-electron chi connectivity index (χ2n) is 6.82. The maximum Gasteiger partial charge on any atom is 0.315 e. The molecular formula is C16H31N3O2. The van der Waals surface area contributed by atoms with Gasteiger partial charge in [0, 0.05) is 12.6 Å². The van der Waals surface area contributed by atoms with Crippen LogP contribution < -0.4 is 11.1 Å². The molecule has 4 N–H and O–H groups in total. The fourth-order valence-electron chi connectivity index (χ4n) is 4.17. The minimum Gasteiger partial charge on any atom is -0.393 e. The number of likely N-dealkylation sites (tertiary alicyclic amines) is 1. The second kappa shape index (κ2) is 7.99. The Morgan fingerprint density at radius 2 is 2.00 bits per heavy atom. The van der Waals surface area contributed by atoms with E-state index in [2.05, 4.69) is 5.32 Å². The third-order valence-corrected chi connectivity index (χ3v) is 5.30. The zero-order valence-corrected chi connectivity index (χ0v) is 13.3. The summed E-state index contributed by atoms with van der Waals surface area (Å²) in [5.74, 6) is 1.16. The van der Waals surface area contributed by atoms with Gasteiger partial charge in [0.1, 0.15) is 0 Å². The number of amides is 2. The van der Waals surface area contributed by atoms with Crippen molar-refractivity contribution in [3.8, 4) is 0 Å². The summed E-state index contributed by atoms with van der Waals surface area (Å²) in [6, 6.07) is 0.0235.